The van der Waals surface area contributed by atoms with Crippen LogP contribution in [-0.2, 0) is 6.42 Å². The maximum Gasteiger partial charge on any atom is 0.274 e. The second-order valence-electron chi connectivity index (χ2n) is 7.65. The van der Waals surface area contributed by atoms with Gasteiger partial charge in [0.15, 0.2) is 0 Å². The zero-order valence-corrected chi connectivity index (χ0v) is 16.8. The Morgan fingerprint density at radius 2 is 1.88 bits per heavy atom. The third-order valence-electron chi connectivity index (χ3n) is 5.64. The van der Waals surface area contributed by atoms with Crippen molar-refractivity contribution in [2.24, 2.45) is 0 Å². The summed E-state index contributed by atoms with van der Waals surface area (Å²) in [5.74, 6) is -1.69. The maximum absolute atomic E-state index is 14.4. The van der Waals surface area contributed by atoms with Crippen molar-refractivity contribution < 1.29 is 19.1 Å². The van der Waals surface area contributed by atoms with Crippen LogP contribution in [0.25, 0.3) is 5.65 Å². The number of amides is 2. The molecule has 2 aromatic heterocycles. The van der Waals surface area contributed by atoms with Crippen LogP contribution in [-0.4, -0.2) is 32.3 Å². The van der Waals surface area contributed by atoms with E-state index in [4.69, 9.17) is 0 Å². The quantitative estimate of drug-likeness (QED) is 0.464. The van der Waals surface area contributed by atoms with Crippen LogP contribution in [0.3, 0.4) is 0 Å². The molecule has 0 aliphatic heterocycles. The van der Waals surface area contributed by atoms with Gasteiger partial charge in [0.2, 0.25) is 0 Å². The molecule has 8 heteroatoms. The van der Waals surface area contributed by atoms with Crippen LogP contribution in [0, 0.1) is 5.82 Å². The molecule has 4 aromatic rings. The number of rotatable bonds is 4. The first-order chi connectivity index (χ1) is 15.5. The van der Waals surface area contributed by atoms with Gasteiger partial charge in [-0.25, -0.2) is 9.37 Å². The fraction of sp³-hybridized carbons (Fsp3) is 0.125. The zero-order valence-electron chi connectivity index (χ0n) is 16.8. The molecule has 2 aromatic carbocycles. The summed E-state index contributed by atoms with van der Waals surface area (Å²) < 4.78 is 16.0. The van der Waals surface area contributed by atoms with Gasteiger partial charge in [-0.1, -0.05) is 30.3 Å². The van der Waals surface area contributed by atoms with Crippen LogP contribution >= 0.6 is 0 Å². The lowest BCUT2D eigenvalue weighted by Crippen LogP contribution is -2.37. The average molecular weight is 430 g/mol. The number of imidazole rings is 1. The highest BCUT2D eigenvalue weighted by atomic mass is 19.1. The molecule has 0 fully saturated rings. The largest absolute Gasteiger partial charge is 0.386 e. The Balaban J connectivity index is 1.34. The van der Waals surface area contributed by atoms with Crippen molar-refractivity contribution in [2.45, 2.75) is 18.6 Å². The minimum absolute atomic E-state index is 0.121. The molecular weight excluding hydrogens is 411 g/mol. The number of nitrogens with one attached hydrogen (secondary N) is 2. The zero-order chi connectivity index (χ0) is 22.2. The minimum Gasteiger partial charge on any atom is -0.386 e. The smallest absolute Gasteiger partial charge is 0.274 e. The maximum atomic E-state index is 14.4. The Labute approximate surface area is 182 Å². The Morgan fingerprint density at radius 1 is 1.06 bits per heavy atom. The van der Waals surface area contributed by atoms with E-state index in [1.807, 2.05) is 24.3 Å². The third-order valence-corrected chi connectivity index (χ3v) is 5.64. The average Bonchev–Trinajstić information content (AvgIpc) is 3.37. The number of pyridine rings is 1. The van der Waals surface area contributed by atoms with Crippen LogP contribution in [0.1, 0.15) is 38.1 Å². The molecule has 0 spiro atoms. The molecule has 7 nitrogen and oxygen atoms in total. The van der Waals surface area contributed by atoms with Gasteiger partial charge in [-0.2, -0.15) is 0 Å². The number of nitrogens with zero attached hydrogens (tertiary/aromatic N) is 2. The van der Waals surface area contributed by atoms with Gasteiger partial charge in [0, 0.05) is 11.8 Å². The first-order valence-corrected chi connectivity index (χ1v) is 10.1. The van der Waals surface area contributed by atoms with E-state index in [1.165, 1.54) is 18.3 Å². The van der Waals surface area contributed by atoms with E-state index in [0.717, 1.165) is 17.2 Å². The van der Waals surface area contributed by atoms with Gasteiger partial charge in [0.25, 0.3) is 11.8 Å². The number of aromatic nitrogens is 2. The number of carbonyl (C=O) groups excluding carboxylic acids is 2. The number of benzene rings is 2. The lowest BCUT2D eigenvalue weighted by molar-refractivity contribution is 0.0858. The van der Waals surface area contributed by atoms with Gasteiger partial charge in [-0.3, -0.25) is 14.0 Å². The van der Waals surface area contributed by atoms with E-state index >= 15 is 0 Å². The van der Waals surface area contributed by atoms with Crippen molar-refractivity contribution >= 4 is 23.1 Å². The summed E-state index contributed by atoms with van der Waals surface area (Å²) in [7, 11) is 0. The lowest BCUT2D eigenvalue weighted by atomic mass is 10.1. The standard InChI is InChI=1S/C24H19FN4O3/c25-17-9-8-15(23(31)28-19-11-14-5-1-2-6-16(14)22(19)30)12-18(17)27-24(32)20-13-26-21-7-3-4-10-29(20)21/h1-10,12-13,19,22,30H,11H2,(H,27,32)(H,28,31). The number of aliphatic hydroxyl groups is 1. The summed E-state index contributed by atoms with van der Waals surface area (Å²) in [5.41, 5.74) is 2.64. The Kier molecular flexibility index (Phi) is 4.91. The molecular formula is C24H19FN4O3. The lowest BCUT2D eigenvalue weighted by Gasteiger charge is -2.17. The first kappa shape index (κ1) is 19.9. The van der Waals surface area contributed by atoms with E-state index in [0.29, 0.717) is 12.1 Å². The highest BCUT2D eigenvalue weighted by molar-refractivity contribution is 6.04. The van der Waals surface area contributed by atoms with Crippen LogP contribution in [0.5, 0.6) is 0 Å². The van der Waals surface area contributed by atoms with Crippen LogP contribution in [0.2, 0.25) is 0 Å². The molecule has 0 saturated heterocycles. The molecule has 0 bridgehead atoms. The number of carbonyl (C=O) groups is 2. The first-order valence-electron chi connectivity index (χ1n) is 10.1. The minimum atomic E-state index is -0.815. The molecule has 5 rings (SSSR count). The number of halogens is 1. The summed E-state index contributed by atoms with van der Waals surface area (Å²) in [6.45, 7) is 0. The molecule has 1 aliphatic carbocycles. The van der Waals surface area contributed by atoms with E-state index in [1.54, 1.807) is 28.8 Å². The molecule has 32 heavy (non-hydrogen) atoms. The van der Waals surface area contributed by atoms with Crippen molar-refractivity contribution in [3.05, 3.63) is 101 Å². The number of hydrogen-bond acceptors (Lipinski definition) is 4. The van der Waals surface area contributed by atoms with Crippen molar-refractivity contribution in [1.29, 1.82) is 0 Å². The van der Waals surface area contributed by atoms with Crippen molar-refractivity contribution in [2.75, 3.05) is 5.32 Å². The summed E-state index contributed by atoms with van der Waals surface area (Å²) in [5, 5.41) is 15.8. The fourth-order valence-corrected chi connectivity index (χ4v) is 4.00. The van der Waals surface area contributed by atoms with Gasteiger partial charge in [-0.15, -0.1) is 0 Å². The Bertz CT molecular complexity index is 1350. The van der Waals surface area contributed by atoms with Gasteiger partial charge in [0.1, 0.15) is 17.2 Å². The monoisotopic (exact) mass is 430 g/mol. The molecule has 0 saturated carbocycles. The van der Waals surface area contributed by atoms with Crippen molar-refractivity contribution in [3.63, 3.8) is 0 Å². The fourth-order valence-electron chi connectivity index (χ4n) is 4.00. The van der Waals surface area contributed by atoms with Crippen molar-refractivity contribution in [3.8, 4) is 0 Å². The van der Waals surface area contributed by atoms with Gasteiger partial charge < -0.3 is 15.7 Å². The van der Waals surface area contributed by atoms with Crippen LogP contribution < -0.4 is 10.6 Å². The third kappa shape index (κ3) is 3.50. The molecule has 0 radical (unpaired) electrons. The number of aliphatic hydroxyl groups excluding tert-OH is 1. The Hall–Kier alpha value is -4.04. The van der Waals surface area contributed by atoms with Crippen LogP contribution in [0.4, 0.5) is 10.1 Å². The molecule has 160 valence electrons. The summed E-state index contributed by atoms with van der Waals surface area (Å²) >= 11 is 0. The van der Waals surface area contributed by atoms with Crippen molar-refractivity contribution in [1.82, 2.24) is 14.7 Å². The van der Waals surface area contributed by atoms with E-state index in [2.05, 4.69) is 15.6 Å². The highest BCUT2D eigenvalue weighted by Gasteiger charge is 2.32. The molecule has 1 aliphatic rings. The molecule has 2 amide bonds. The van der Waals surface area contributed by atoms with Gasteiger partial charge >= 0.3 is 0 Å². The molecule has 2 unspecified atom stereocenters. The number of fused-ring (bicyclic) bond motifs is 2. The van der Waals surface area contributed by atoms with E-state index < -0.39 is 29.8 Å². The van der Waals surface area contributed by atoms with Crippen LogP contribution in [0.15, 0.2) is 73.1 Å². The summed E-state index contributed by atoms with van der Waals surface area (Å²) in [6, 6.07) is 16.0. The molecule has 2 heterocycles. The second-order valence-corrected chi connectivity index (χ2v) is 7.65. The predicted octanol–water partition coefficient (Wildman–Crippen LogP) is 3.11. The predicted molar refractivity (Wildman–Crippen MR) is 116 cm³/mol. The highest BCUT2D eigenvalue weighted by Crippen LogP contribution is 2.31. The number of anilines is 1. The van der Waals surface area contributed by atoms with E-state index in [9.17, 15) is 19.1 Å². The SMILES string of the molecule is O=C(NC1Cc2ccccc2C1O)c1ccc(F)c(NC(=O)c2cnc3ccccn23)c1. The summed E-state index contributed by atoms with van der Waals surface area (Å²) in [4.78, 5) is 29.6. The molecule has 3 N–H and O–H groups in total. The van der Waals surface area contributed by atoms with E-state index in [-0.39, 0.29) is 16.9 Å². The Morgan fingerprint density at radius 3 is 2.72 bits per heavy atom. The summed E-state index contributed by atoms with van der Waals surface area (Å²) in [6.07, 6.45) is 2.77. The van der Waals surface area contributed by atoms with Gasteiger partial charge in [-0.05, 0) is 47.9 Å². The normalized spacial score (nSPS) is 17.2. The molecule has 2 atom stereocenters. The number of hydrogen-bond donors (Lipinski definition) is 3. The van der Waals surface area contributed by atoms with Gasteiger partial charge in [0.05, 0.1) is 24.0 Å². The topological polar surface area (TPSA) is 95.7 Å². The second kappa shape index (κ2) is 7.90.